The van der Waals surface area contributed by atoms with Crippen LogP contribution >= 0.6 is 0 Å². The molecule has 0 heterocycles. The molecule has 2 aromatic carbocycles. The molecule has 0 aromatic heterocycles. The van der Waals surface area contributed by atoms with E-state index in [1.54, 1.807) is 25.7 Å². The van der Waals surface area contributed by atoms with E-state index in [2.05, 4.69) is 17.6 Å². The van der Waals surface area contributed by atoms with E-state index in [0.717, 1.165) is 28.7 Å². The van der Waals surface area contributed by atoms with E-state index in [4.69, 9.17) is 4.74 Å². The summed E-state index contributed by atoms with van der Waals surface area (Å²) in [5.74, 6) is -0.540. The van der Waals surface area contributed by atoms with Crippen molar-refractivity contribution in [3.8, 4) is 0 Å². The number of aryl methyl sites for hydroxylation is 3. The van der Waals surface area contributed by atoms with Crippen LogP contribution in [-0.2, 0) is 14.3 Å². The van der Waals surface area contributed by atoms with Crippen LogP contribution in [0.15, 0.2) is 42.5 Å². The van der Waals surface area contributed by atoms with Crippen molar-refractivity contribution in [3.05, 3.63) is 64.7 Å². The molecule has 1 saturated carbocycles. The highest BCUT2D eigenvalue weighted by Crippen LogP contribution is 2.42. The molecule has 0 saturated heterocycles. The van der Waals surface area contributed by atoms with Gasteiger partial charge in [0.05, 0.1) is 0 Å². The lowest BCUT2D eigenvalue weighted by atomic mass is 9.94. The molecule has 2 aromatic rings. The fraction of sp³-hybridized carbons (Fsp3) is 0.516. The average Bonchev–Trinajstić information content (AvgIpc) is 3.51. The molecular formula is C31H43N3O4. The van der Waals surface area contributed by atoms with Crippen LogP contribution < -0.4 is 10.6 Å². The summed E-state index contributed by atoms with van der Waals surface area (Å²) in [5.41, 5.74) is 3.72. The van der Waals surface area contributed by atoms with Gasteiger partial charge in [0.25, 0.3) is 5.91 Å². The van der Waals surface area contributed by atoms with E-state index < -0.39 is 23.8 Å². The molecular weight excluding hydrogens is 478 g/mol. The summed E-state index contributed by atoms with van der Waals surface area (Å²) in [4.78, 5) is 42.8. The Morgan fingerprint density at radius 3 is 2.16 bits per heavy atom. The Balaban J connectivity index is 2.06. The molecule has 38 heavy (non-hydrogen) atoms. The Labute approximate surface area is 227 Å². The first-order valence-electron chi connectivity index (χ1n) is 13.4. The maximum atomic E-state index is 14.3. The van der Waals surface area contributed by atoms with Gasteiger partial charge in [-0.25, -0.2) is 4.79 Å². The van der Waals surface area contributed by atoms with Crippen molar-refractivity contribution in [3.63, 3.8) is 0 Å². The van der Waals surface area contributed by atoms with Crippen LogP contribution in [0.3, 0.4) is 0 Å². The number of benzene rings is 2. The van der Waals surface area contributed by atoms with Gasteiger partial charge in [0.1, 0.15) is 17.7 Å². The van der Waals surface area contributed by atoms with E-state index in [9.17, 15) is 14.4 Å². The SMILES string of the molecule is Cc1ccc(C(C(=O)Nc2ccccc2C)N(C(=O)C(NC(=O)OC(C)(C)C)C(C)C)C2CC2C)c(C)c1. The number of para-hydroxylation sites is 1. The van der Waals surface area contributed by atoms with Gasteiger partial charge in [0.15, 0.2) is 0 Å². The molecule has 1 aliphatic carbocycles. The summed E-state index contributed by atoms with van der Waals surface area (Å²) in [6.45, 7) is 17.1. The number of amides is 3. The first-order valence-corrected chi connectivity index (χ1v) is 13.4. The van der Waals surface area contributed by atoms with Crippen molar-refractivity contribution in [2.24, 2.45) is 11.8 Å². The molecule has 7 heteroatoms. The van der Waals surface area contributed by atoms with E-state index >= 15 is 0 Å². The minimum absolute atomic E-state index is 0.113. The van der Waals surface area contributed by atoms with Crippen LogP contribution in [0.4, 0.5) is 10.5 Å². The fourth-order valence-corrected chi connectivity index (χ4v) is 4.74. The highest BCUT2D eigenvalue weighted by Gasteiger charge is 2.49. The van der Waals surface area contributed by atoms with Crippen molar-refractivity contribution in [2.75, 3.05) is 5.32 Å². The Kier molecular flexibility index (Phi) is 8.90. The maximum absolute atomic E-state index is 14.3. The first-order chi connectivity index (χ1) is 17.7. The van der Waals surface area contributed by atoms with Crippen molar-refractivity contribution >= 4 is 23.6 Å². The van der Waals surface area contributed by atoms with Crippen LogP contribution in [0.25, 0.3) is 0 Å². The standard InChI is InChI=1S/C31H43N3O4/c1-18(2)26(33-30(37)38-31(7,8)9)29(36)34(25-17-22(25)6)27(23-15-14-19(3)16-21(23)5)28(35)32-24-13-11-10-12-20(24)4/h10-16,18,22,25-27H,17H2,1-9H3,(H,32,35)(H,33,37). The van der Waals surface area contributed by atoms with Gasteiger partial charge in [0, 0.05) is 11.7 Å². The van der Waals surface area contributed by atoms with Crippen molar-refractivity contribution in [1.29, 1.82) is 0 Å². The molecule has 3 rings (SSSR count). The number of ether oxygens (including phenoxy) is 1. The number of rotatable bonds is 8. The fourth-order valence-electron chi connectivity index (χ4n) is 4.74. The Bertz CT molecular complexity index is 1180. The quantitative estimate of drug-likeness (QED) is 0.441. The van der Waals surface area contributed by atoms with Gasteiger partial charge in [-0.05, 0) is 82.6 Å². The van der Waals surface area contributed by atoms with Crippen LogP contribution in [0.2, 0.25) is 0 Å². The zero-order valence-electron chi connectivity index (χ0n) is 24.2. The molecule has 0 radical (unpaired) electrons. The second-order valence-corrected chi connectivity index (χ2v) is 12.0. The predicted molar refractivity (Wildman–Crippen MR) is 151 cm³/mol. The van der Waals surface area contributed by atoms with E-state index in [1.807, 2.05) is 77.1 Å². The second kappa shape index (κ2) is 11.6. The lowest BCUT2D eigenvalue weighted by Crippen LogP contribution is -2.55. The van der Waals surface area contributed by atoms with Gasteiger partial charge >= 0.3 is 6.09 Å². The third-order valence-electron chi connectivity index (χ3n) is 6.93. The minimum atomic E-state index is -0.862. The van der Waals surface area contributed by atoms with E-state index in [1.165, 1.54) is 0 Å². The van der Waals surface area contributed by atoms with Crippen LogP contribution in [0.5, 0.6) is 0 Å². The van der Waals surface area contributed by atoms with E-state index in [-0.39, 0.29) is 29.7 Å². The van der Waals surface area contributed by atoms with Gasteiger partial charge in [0.2, 0.25) is 5.91 Å². The summed E-state index contributed by atoms with van der Waals surface area (Å²) < 4.78 is 5.46. The normalized spacial score (nSPS) is 18.4. The van der Waals surface area contributed by atoms with Crippen LogP contribution in [0.1, 0.15) is 76.3 Å². The molecule has 2 N–H and O–H groups in total. The molecule has 0 aliphatic heterocycles. The smallest absolute Gasteiger partial charge is 0.408 e. The third kappa shape index (κ3) is 7.15. The molecule has 1 fully saturated rings. The molecule has 3 amide bonds. The van der Waals surface area contributed by atoms with E-state index in [0.29, 0.717) is 5.69 Å². The molecule has 206 valence electrons. The maximum Gasteiger partial charge on any atom is 0.408 e. The van der Waals surface area contributed by atoms with Crippen molar-refractivity contribution in [2.45, 2.75) is 92.5 Å². The number of carbonyl (C=O) groups is 3. The number of nitrogens with zero attached hydrogens (tertiary/aromatic N) is 1. The third-order valence-corrected chi connectivity index (χ3v) is 6.93. The number of hydrogen-bond donors (Lipinski definition) is 2. The van der Waals surface area contributed by atoms with Crippen LogP contribution in [0, 0.1) is 32.6 Å². The number of alkyl carbamates (subject to hydrolysis) is 1. The number of nitrogens with one attached hydrogen (secondary N) is 2. The van der Waals surface area contributed by atoms with Gasteiger partial charge in [-0.15, -0.1) is 0 Å². The summed E-state index contributed by atoms with van der Waals surface area (Å²) in [6.07, 6.45) is 0.142. The van der Waals surface area contributed by atoms with Gasteiger partial charge in [-0.1, -0.05) is 62.7 Å². The molecule has 7 nitrogen and oxygen atoms in total. The van der Waals surface area contributed by atoms with Gasteiger partial charge in [-0.2, -0.15) is 0 Å². The first kappa shape index (κ1) is 29.2. The molecule has 0 bridgehead atoms. The topological polar surface area (TPSA) is 87.7 Å². The zero-order valence-corrected chi connectivity index (χ0v) is 24.2. The number of hydrogen-bond acceptors (Lipinski definition) is 4. The highest BCUT2D eigenvalue weighted by atomic mass is 16.6. The zero-order chi connectivity index (χ0) is 28.4. The summed E-state index contributed by atoms with van der Waals surface area (Å²) in [5, 5.41) is 5.87. The Morgan fingerprint density at radius 2 is 1.63 bits per heavy atom. The lowest BCUT2D eigenvalue weighted by molar-refractivity contribution is -0.142. The Hall–Kier alpha value is -3.35. The molecule has 4 atom stereocenters. The number of anilines is 1. The molecule has 4 unspecified atom stereocenters. The van der Waals surface area contributed by atoms with Crippen molar-refractivity contribution in [1.82, 2.24) is 10.2 Å². The molecule has 1 aliphatic rings. The predicted octanol–water partition coefficient (Wildman–Crippen LogP) is 6.08. The second-order valence-electron chi connectivity index (χ2n) is 12.0. The van der Waals surface area contributed by atoms with Crippen molar-refractivity contribution < 1.29 is 19.1 Å². The lowest BCUT2D eigenvalue weighted by Gasteiger charge is -2.36. The summed E-state index contributed by atoms with van der Waals surface area (Å²) >= 11 is 0. The van der Waals surface area contributed by atoms with Gasteiger partial charge < -0.3 is 20.3 Å². The number of carbonyl (C=O) groups excluding carboxylic acids is 3. The molecule has 0 spiro atoms. The summed E-state index contributed by atoms with van der Waals surface area (Å²) in [6, 6.07) is 11.7. The summed E-state index contributed by atoms with van der Waals surface area (Å²) in [7, 11) is 0. The van der Waals surface area contributed by atoms with Gasteiger partial charge in [-0.3, -0.25) is 9.59 Å². The Morgan fingerprint density at radius 1 is 1.00 bits per heavy atom. The monoisotopic (exact) mass is 521 g/mol. The average molecular weight is 522 g/mol. The highest BCUT2D eigenvalue weighted by molar-refractivity contribution is 6.00. The largest absolute Gasteiger partial charge is 0.444 e. The van der Waals surface area contributed by atoms with Crippen LogP contribution in [-0.4, -0.2) is 40.5 Å². The minimum Gasteiger partial charge on any atom is -0.444 e.